The smallest absolute Gasteiger partial charge is 0.325 e. The number of likely N-dealkylation sites (N-methyl/N-ethyl adjacent to an activating group) is 1. The average Bonchev–Trinajstić information content (AvgIpc) is 2.99. The molecule has 1 spiro atoms. The fraction of sp³-hybridized carbons (Fsp3) is 0.524. The second kappa shape index (κ2) is 8.06. The Labute approximate surface area is 174 Å². The highest BCUT2D eigenvalue weighted by atomic mass is 16.5. The maximum absolute atomic E-state index is 13.3. The fourth-order valence-corrected chi connectivity index (χ4v) is 4.41. The van der Waals surface area contributed by atoms with Crippen molar-refractivity contribution in [1.82, 2.24) is 20.0 Å². The number of hydrogen-bond acceptors (Lipinski definition) is 5. The molecule has 5 amide bonds. The Kier molecular flexibility index (Phi) is 5.46. The number of rotatable bonds is 4. The van der Waals surface area contributed by atoms with Gasteiger partial charge in [-0.05, 0) is 30.4 Å². The predicted octanol–water partition coefficient (Wildman–Crippen LogP) is 0.0872. The quantitative estimate of drug-likeness (QED) is 0.704. The summed E-state index contributed by atoms with van der Waals surface area (Å²) in [6.45, 7) is 1.47. The molecule has 2 fully saturated rings. The molecule has 1 N–H and O–H groups in total. The normalized spacial score (nSPS) is 23.4. The van der Waals surface area contributed by atoms with Gasteiger partial charge in [0.2, 0.25) is 11.8 Å². The molecule has 0 saturated carbocycles. The summed E-state index contributed by atoms with van der Waals surface area (Å²) < 4.78 is 5.23. The SMILES string of the molecule is CN(CC(=O)N1CCOCC1)C(=O)CN1C(=O)N[C@]2(CCCc3ccccc32)C1=O. The predicted molar refractivity (Wildman–Crippen MR) is 106 cm³/mol. The van der Waals surface area contributed by atoms with Crippen LogP contribution in [0.15, 0.2) is 24.3 Å². The van der Waals surface area contributed by atoms with E-state index in [1.165, 1.54) is 11.9 Å². The Morgan fingerprint density at radius 3 is 2.70 bits per heavy atom. The first-order valence-electron chi connectivity index (χ1n) is 10.2. The maximum atomic E-state index is 13.3. The van der Waals surface area contributed by atoms with Crippen LogP contribution in [-0.2, 0) is 31.1 Å². The third-order valence-electron chi connectivity index (χ3n) is 6.11. The van der Waals surface area contributed by atoms with E-state index in [0.717, 1.165) is 28.9 Å². The minimum absolute atomic E-state index is 0.101. The number of carbonyl (C=O) groups is 4. The van der Waals surface area contributed by atoms with Crippen LogP contribution in [0.25, 0.3) is 0 Å². The summed E-state index contributed by atoms with van der Waals surface area (Å²) in [5.41, 5.74) is 0.744. The van der Waals surface area contributed by atoms with Gasteiger partial charge in [0.15, 0.2) is 0 Å². The molecule has 4 rings (SSSR count). The van der Waals surface area contributed by atoms with Gasteiger partial charge in [0.25, 0.3) is 5.91 Å². The molecule has 1 aromatic carbocycles. The van der Waals surface area contributed by atoms with E-state index >= 15 is 0 Å². The highest BCUT2D eigenvalue weighted by molar-refractivity contribution is 6.09. The number of nitrogens with one attached hydrogen (secondary N) is 1. The number of fused-ring (bicyclic) bond motifs is 2. The molecule has 3 aliphatic rings. The van der Waals surface area contributed by atoms with Crippen LogP contribution in [0.1, 0.15) is 24.0 Å². The lowest BCUT2D eigenvalue weighted by Crippen LogP contribution is -2.49. The first kappa shape index (κ1) is 20.3. The molecule has 9 nitrogen and oxygen atoms in total. The fourth-order valence-electron chi connectivity index (χ4n) is 4.41. The zero-order valence-electron chi connectivity index (χ0n) is 17.1. The number of hydrogen-bond donors (Lipinski definition) is 1. The van der Waals surface area contributed by atoms with Crippen molar-refractivity contribution < 1.29 is 23.9 Å². The van der Waals surface area contributed by atoms with Gasteiger partial charge in [-0.1, -0.05) is 24.3 Å². The summed E-state index contributed by atoms with van der Waals surface area (Å²) in [4.78, 5) is 54.8. The van der Waals surface area contributed by atoms with E-state index in [9.17, 15) is 19.2 Å². The molecule has 1 atom stereocenters. The molecule has 0 bridgehead atoms. The highest BCUT2D eigenvalue weighted by Crippen LogP contribution is 2.39. The number of aryl methyl sites for hydroxylation is 1. The minimum Gasteiger partial charge on any atom is -0.378 e. The van der Waals surface area contributed by atoms with E-state index in [-0.39, 0.29) is 19.0 Å². The first-order chi connectivity index (χ1) is 14.4. The van der Waals surface area contributed by atoms with Gasteiger partial charge in [-0.3, -0.25) is 19.3 Å². The van der Waals surface area contributed by atoms with Crippen molar-refractivity contribution in [1.29, 1.82) is 0 Å². The van der Waals surface area contributed by atoms with Crippen molar-refractivity contribution in [2.75, 3.05) is 46.4 Å². The third kappa shape index (κ3) is 3.54. The zero-order chi connectivity index (χ0) is 21.3. The number of imide groups is 1. The zero-order valence-corrected chi connectivity index (χ0v) is 17.1. The molecule has 0 unspecified atom stereocenters. The lowest BCUT2D eigenvalue weighted by Gasteiger charge is -2.33. The summed E-state index contributed by atoms with van der Waals surface area (Å²) >= 11 is 0. The van der Waals surface area contributed by atoms with E-state index in [0.29, 0.717) is 32.7 Å². The summed E-state index contributed by atoms with van der Waals surface area (Å²) in [6.07, 6.45) is 2.13. The molecule has 9 heteroatoms. The number of urea groups is 1. The molecule has 2 heterocycles. The number of morpholine rings is 1. The minimum atomic E-state index is -1.10. The Hall–Kier alpha value is -2.94. The van der Waals surface area contributed by atoms with Crippen molar-refractivity contribution in [3.8, 4) is 0 Å². The third-order valence-corrected chi connectivity index (χ3v) is 6.11. The van der Waals surface area contributed by atoms with Crippen LogP contribution in [0.5, 0.6) is 0 Å². The first-order valence-corrected chi connectivity index (χ1v) is 10.2. The Bertz CT molecular complexity index is 882. The van der Waals surface area contributed by atoms with Crippen molar-refractivity contribution in [2.24, 2.45) is 0 Å². The van der Waals surface area contributed by atoms with Gasteiger partial charge in [-0.15, -0.1) is 0 Å². The van der Waals surface area contributed by atoms with E-state index < -0.39 is 23.4 Å². The number of carbonyl (C=O) groups excluding carboxylic acids is 4. The van der Waals surface area contributed by atoms with E-state index in [4.69, 9.17) is 4.74 Å². The highest BCUT2D eigenvalue weighted by Gasteiger charge is 2.54. The number of amides is 5. The topological polar surface area (TPSA) is 99.3 Å². The summed E-state index contributed by atoms with van der Waals surface area (Å²) in [5, 5.41) is 2.84. The molecule has 0 aromatic heterocycles. The van der Waals surface area contributed by atoms with Crippen LogP contribution in [0.3, 0.4) is 0 Å². The number of nitrogens with zero attached hydrogens (tertiary/aromatic N) is 3. The summed E-state index contributed by atoms with van der Waals surface area (Å²) in [5.74, 6) is -1.04. The Morgan fingerprint density at radius 2 is 1.93 bits per heavy atom. The molecular weight excluding hydrogens is 388 g/mol. The van der Waals surface area contributed by atoms with Gasteiger partial charge < -0.3 is 19.9 Å². The van der Waals surface area contributed by atoms with Crippen molar-refractivity contribution >= 4 is 23.8 Å². The molecular formula is C21H26N4O5. The van der Waals surface area contributed by atoms with Gasteiger partial charge in [0.1, 0.15) is 12.1 Å². The molecule has 0 radical (unpaired) electrons. The lowest BCUT2D eigenvalue weighted by atomic mass is 9.76. The molecule has 30 heavy (non-hydrogen) atoms. The average molecular weight is 414 g/mol. The van der Waals surface area contributed by atoms with Crippen molar-refractivity contribution in [2.45, 2.75) is 24.8 Å². The Morgan fingerprint density at radius 1 is 1.20 bits per heavy atom. The maximum Gasteiger partial charge on any atom is 0.325 e. The second-order valence-corrected chi connectivity index (χ2v) is 7.98. The van der Waals surface area contributed by atoms with Gasteiger partial charge in [0, 0.05) is 20.1 Å². The van der Waals surface area contributed by atoms with Crippen LogP contribution in [0.4, 0.5) is 4.79 Å². The van der Waals surface area contributed by atoms with Gasteiger partial charge >= 0.3 is 6.03 Å². The van der Waals surface area contributed by atoms with Gasteiger partial charge in [0.05, 0.1) is 19.8 Å². The molecule has 1 aromatic rings. The van der Waals surface area contributed by atoms with Crippen molar-refractivity contribution in [3.05, 3.63) is 35.4 Å². The number of ether oxygens (including phenoxy) is 1. The second-order valence-electron chi connectivity index (χ2n) is 7.98. The number of benzene rings is 1. The lowest BCUT2D eigenvalue weighted by molar-refractivity contribution is -0.143. The standard InChI is InChI=1S/C21H26N4O5/c1-23(13-18(27)24-9-11-30-12-10-24)17(26)14-25-19(28)21(22-20(25)29)8-4-6-15-5-2-3-7-16(15)21/h2-3,5,7H,4,6,8-14H2,1H3,(H,22,29)/t21-/m0/s1. The van der Waals surface area contributed by atoms with E-state index in [1.807, 2.05) is 24.3 Å². The van der Waals surface area contributed by atoms with Gasteiger partial charge in [-0.2, -0.15) is 0 Å². The molecule has 2 aliphatic heterocycles. The van der Waals surface area contributed by atoms with Crippen LogP contribution in [0.2, 0.25) is 0 Å². The van der Waals surface area contributed by atoms with Crippen LogP contribution in [-0.4, -0.2) is 84.9 Å². The van der Waals surface area contributed by atoms with Crippen LogP contribution < -0.4 is 5.32 Å². The van der Waals surface area contributed by atoms with E-state index in [2.05, 4.69) is 5.32 Å². The van der Waals surface area contributed by atoms with Crippen LogP contribution >= 0.6 is 0 Å². The summed E-state index contributed by atoms with van der Waals surface area (Å²) in [7, 11) is 1.50. The molecule has 2 saturated heterocycles. The largest absolute Gasteiger partial charge is 0.378 e. The van der Waals surface area contributed by atoms with Crippen LogP contribution in [0, 0.1) is 0 Å². The Balaban J connectivity index is 1.44. The van der Waals surface area contributed by atoms with Crippen molar-refractivity contribution in [3.63, 3.8) is 0 Å². The molecule has 1 aliphatic carbocycles. The molecule has 160 valence electrons. The van der Waals surface area contributed by atoms with E-state index in [1.54, 1.807) is 4.90 Å². The summed E-state index contributed by atoms with van der Waals surface area (Å²) in [6, 6.07) is 7.03. The monoisotopic (exact) mass is 414 g/mol. The van der Waals surface area contributed by atoms with Gasteiger partial charge in [-0.25, -0.2) is 4.79 Å².